The molecule has 0 unspecified atom stereocenters. The molecule has 0 heterocycles. The minimum absolute atomic E-state index is 0.106. The van der Waals surface area contributed by atoms with Gasteiger partial charge in [0, 0.05) is 6.07 Å². The van der Waals surface area contributed by atoms with Crippen LogP contribution < -0.4 is 15.2 Å². The molecule has 0 saturated carbocycles. The van der Waals surface area contributed by atoms with Crippen molar-refractivity contribution in [1.29, 1.82) is 0 Å². The number of benzene rings is 1. The quantitative estimate of drug-likeness (QED) is 0.763. The van der Waals surface area contributed by atoms with Gasteiger partial charge in [0.25, 0.3) is 0 Å². The number of nitrogens with one attached hydrogen (secondary N) is 1. The third kappa shape index (κ3) is 4.14. The van der Waals surface area contributed by atoms with Crippen LogP contribution in [0.5, 0.6) is 5.75 Å². The maximum Gasteiger partial charge on any atom is 0.232 e. The molecule has 0 saturated heterocycles. The van der Waals surface area contributed by atoms with Gasteiger partial charge in [0.05, 0.1) is 24.2 Å². The van der Waals surface area contributed by atoms with Crippen molar-refractivity contribution in [1.82, 2.24) is 0 Å². The van der Waals surface area contributed by atoms with Gasteiger partial charge >= 0.3 is 0 Å². The molecule has 0 fully saturated rings. The summed E-state index contributed by atoms with van der Waals surface area (Å²) in [5.74, 6) is 0.702. The Labute approximate surface area is 102 Å². The van der Waals surface area contributed by atoms with Gasteiger partial charge in [0.15, 0.2) is 0 Å². The second-order valence-corrected chi connectivity index (χ2v) is 5.57. The molecule has 96 valence electrons. The van der Waals surface area contributed by atoms with Crippen molar-refractivity contribution in [2.45, 2.75) is 19.8 Å². The Morgan fingerprint density at radius 2 is 2.12 bits per heavy atom. The van der Waals surface area contributed by atoms with E-state index in [2.05, 4.69) is 4.72 Å². The SMILES string of the molecule is CCCCS(=O)(=O)Nc1ccc(OC)cc1N. The molecule has 0 spiro atoms. The fourth-order valence-electron chi connectivity index (χ4n) is 1.31. The fraction of sp³-hybridized carbons (Fsp3) is 0.455. The van der Waals surface area contributed by atoms with E-state index in [1.54, 1.807) is 18.2 Å². The van der Waals surface area contributed by atoms with Crippen LogP contribution in [0.2, 0.25) is 0 Å². The van der Waals surface area contributed by atoms with Crippen molar-refractivity contribution in [3.8, 4) is 5.75 Å². The van der Waals surface area contributed by atoms with E-state index in [0.717, 1.165) is 6.42 Å². The second kappa shape index (κ2) is 5.77. The monoisotopic (exact) mass is 258 g/mol. The third-order valence-electron chi connectivity index (χ3n) is 2.29. The molecule has 1 aromatic carbocycles. The Kier molecular flexibility index (Phi) is 4.62. The van der Waals surface area contributed by atoms with E-state index in [9.17, 15) is 8.42 Å². The molecule has 0 aliphatic carbocycles. The predicted octanol–water partition coefficient (Wildman–Crippen LogP) is 1.82. The van der Waals surface area contributed by atoms with Gasteiger partial charge in [-0.2, -0.15) is 0 Å². The first-order valence-electron chi connectivity index (χ1n) is 5.42. The number of sulfonamides is 1. The summed E-state index contributed by atoms with van der Waals surface area (Å²) >= 11 is 0. The van der Waals surface area contributed by atoms with Crippen molar-refractivity contribution in [3.63, 3.8) is 0 Å². The Hall–Kier alpha value is -1.43. The number of nitrogen functional groups attached to an aromatic ring is 1. The maximum atomic E-state index is 11.7. The van der Waals surface area contributed by atoms with Gasteiger partial charge in [0.1, 0.15) is 5.75 Å². The molecule has 0 radical (unpaired) electrons. The van der Waals surface area contributed by atoms with Crippen LogP contribution in [0.4, 0.5) is 11.4 Å². The van der Waals surface area contributed by atoms with Crippen LogP contribution in [0.25, 0.3) is 0 Å². The summed E-state index contributed by atoms with van der Waals surface area (Å²) in [6.45, 7) is 1.94. The number of rotatable bonds is 6. The van der Waals surface area contributed by atoms with Gasteiger partial charge in [-0.05, 0) is 18.6 Å². The summed E-state index contributed by atoms with van der Waals surface area (Å²) in [5, 5.41) is 0. The molecule has 17 heavy (non-hydrogen) atoms. The zero-order chi connectivity index (χ0) is 12.9. The highest BCUT2D eigenvalue weighted by Crippen LogP contribution is 2.25. The van der Waals surface area contributed by atoms with Crippen molar-refractivity contribution in [2.75, 3.05) is 23.3 Å². The summed E-state index contributed by atoms with van der Waals surface area (Å²) in [6.07, 6.45) is 1.46. The molecular formula is C11H18N2O3S. The van der Waals surface area contributed by atoms with Crippen LogP contribution in [0, 0.1) is 0 Å². The summed E-state index contributed by atoms with van der Waals surface area (Å²) in [4.78, 5) is 0. The first-order valence-corrected chi connectivity index (χ1v) is 7.07. The zero-order valence-electron chi connectivity index (χ0n) is 10.1. The number of anilines is 2. The maximum absolute atomic E-state index is 11.7. The third-order valence-corrected chi connectivity index (χ3v) is 3.65. The lowest BCUT2D eigenvalue weighted by Gasteiger charge is -2.11. The standard InChI is InChI=1S/C11H18N2O3S/c1-3-4-7-17(14,15)13-11-6-5-9(16-2)8-10(11)12/h5-6,8,13H,3-4,7,12H2,1-2H3. The Morgan fingerprint density at radius 1 is 1.41 bits per heavy atom. The van der Waals surface area contributed by atoms with Gasteiger partial charge in [0.2, 0.25) is 10.0 Å². The highest BCUT2D eigenvalue weighted by atomic mass is 32.2. The van der Waals surface area contributed by atoms with E-state index in [1.165, 1.54) is 7.11 Å². The molecule has 0 aliphatic rings. The number of methoxy groups -OCH3 is 1. The first kappa shape index (κ1) is 13.6. The lowest BCUT2D eigenvalue weighted by molar-refractivity contribution is 0.415. The summed E-state index contributed by atoms with van der Waals surface area (Å²) in [7, 11) is -1.78. The van der Waals surface area contributed by atoms with Crippen molar-refractivity contribution in [2.24, 2.45) is 0 Å². The molecule has 6 heteroatoms. The lowest BCUT2D eigenvalue weighted by atomic mass is 10.2. The summed E-state index contributed by atoms with van der Waals surface area (Å²) < 4.78 is 30.8. The van der Waals surface area contributed by atoms with Crippen LogP contribution in [0.3, 0.4) is 0 Å². The van der Waals surface area contributed by atoms with Crippen LogP contribution in [-0.2, 0) is 10.0 Å². The second-order valence-electron chi connectivity index (χ2n) is 3.73. The van der Waals surface area contributed by atoms with Crippen molar-refractivity contribution < 1.29 is 13.2 Å². The average molecular weight is 258 g/mol. The van der Waals surface area contributed by atoms with Gasteiger partial charge in [-0.3, -0.25) is 4.72 Å². The van der Waals surface area contributed by atoms with Gasteiger partial charge < -0.3 is 10.5 Å². The normalized spacial score (nSPS) is 11.2. The van der Waals surface area contributed by atoms with Gasteiger partial charge in [-0.1, -0.05) is 13.3 Å². The molecule has 0 aromatic heterocycles. The fourth-order valence-corrected chi connectivity index (χ4v) is 2.61. The lowest BCUT2D eigenvalue weighted by Crippen LogP contribution is -2.17. The molecule has 1 rings (SSSR count). The average Bonchev–Trinajstić information content (AvgIpc) is 2.29. The number of ether oxygens (including phenoxy) is 1. The number of hydrogen-bond acceptors (Lipinski definition) is 4. The number of nitrogens with two attached hydrogens (primary N) is 1. The van der Waals surface area contributed by atoms with E-state index in [1.807, 2.05) is 6.92 Å². The highest BCUT2D eigenvalue weighted by molar-refractivity contribution is 7.92. The molecule has 0 bridgehead atoms. The van der Waals surface area contributed by atoms with Crippen LogP contribution >= 0.6 is 0 Å². The molecular weight excluding hydrogens is 240 g/mol. The first-order chi connectivity index (χ1) is 7.98. The smallest absolute Gasteiger partial charge is 0.232 e. The highest BCUT2D eigenvalue weighted by Gasteiger charge is 2.11. The minimum Gasteiger partial charge on any atom is -0.497 e. The molecule has 0 amide bonds. The Bertz CT molecular complexity index is 472. The van der Waals surface area contributed by atoms with Crippen molar-refractivity contribution in [3.05, 3.63) is 18.2 Å². The molecule has 1 aromatic rings. The van der Waals surface area contributed by atoms with E-state index in [0.29, 0.717) is 23.5 Å². The van der Waals surface area contributed by atoms with E-state index < -0.39 is 10.0 Å². The molecule has 0 atom stereocenters. The Balaban J connectivity index is 2.81. The van der Waals surface area contributed by atoms with E-state index >= 15 is 0 Å². The molecule has 3 N–H and O–H groups in total. The largest absolute Gasteiger partial charge is 0.497 e. The number of hydrogen-bond donors (Lipinski definition) is 2. The van der Waals surface area contributed by atoms with E-state index in [4.69, 9.17) is 10.5 Å². The predicted molar refractivity (Wildman–Crippen MR) is 69.7 cm³/mol. The van der Waals surface area contributed by atoms with Crippen LogP contribution in [0.1, 0.15) is 19.8 Å². The van der Waals surface area contributed by atoms with Crippen LogP contribution in [0.15, 0.2) is 18.2 Å². The van der Waals surface area contributed by atoms with Gasteiger partial charge in [-0.25, -0.2) is 8.42 Å². The summed E-state index contributed by atoms with van der Waals surface area (Å²) in [6, 6.07) is 4.84. The molecule has 5 nitrogen and oxygen atoms in total. The summed E-state index contributed by atoms with van der Waals surface area (Å²) in [5.41, 5.74) is 6.47. The number of unbranched alkanes of at least 4 members (excludes halogenated alkanes) is 1. The molecule has 0 aliphatic heterocycles. The zero-order valence-corrected chi connectivity index (χ0v) is 10.9. The Morgan fingerprint density at radius 3 is 2.65 bits per heavy atom. The van der Waals surface area contributed by atoms with E-state index in [-0.39, 0.29) is 5.75 Å². The van der Waals surface area contributed by atoms with Crippen LogP contribution in [-0.4, -0.2) is 21.3 Å². The van der Waals surface area contributed by atoms with Gasteiger partial charge in [-0.15, -0.1) is 0 Å². The van der Waals surface area contributed by atoms with Crippen molar-refractivity contribution >= 4 is 21.4 Å². The topological polar surface area (TPSA) is 81.4 Å². The minimum atomic E-state index is -3.31.